The second-order valence-corrected chi connectivity index (χ2v) is 8.83. The molecule has 0 saturated carbocycles. The summed E-state index contributed by atoms with van der Waals surface area (Å²) < 4.78 is 0. The highest BCUT2D eigenvalue weighted by atomic mass is 32.1. The monoisotopic (exact) mass is 375 g/mol. The molecule has 0 radical (unpaired) electrons. The summed E-state index contributed by atoms with van der Waals surface area (Å²) >= 11 is 1.73. The maximum absolute atomic E-state index is 9.41. The Morgan fingerprint density at radius 1 is 1.35 bits per heavy atom. The Labute approximate surface area is 159 Å². The number of anilines is 2. The quantitative estimate of drug-likeness (QED) is 0.808. The van der Waals surface area contributed by atoms with Crippen molar-refractivity contribution >= 4 is 23.0 Å². The molecule has 3 rings (SSSR count). The zero-order chi connectivity index (χ0) is 18.6. The number of thiazole rings is 1. The number of nitrogens with one attached hydrogen (secondary N) is 1. The molecule has 1 saturated heterocycles. The SMILES string of the molecule is CC(C)(C)c1nc(CCNc2cc(N3CCCC(CO)C3)ncn2)cs1. The molecule has 3 heterocycles. The predicted octanol–water partition coefficient (Wildman–Crippen LogP) is 3.09. The van der Waals surface area contributed by atoms with E-state index in [0.29, 0.717) is 5.92 Å². The molecule has 2 N–H and O–H groups in total. The molecule has 0 bridgehead atoms. The van der Waals surface area contributed by atoms with Crippen LogP contribution in [0.4, 0.5) is 11.6 Å². The smallest absolute Gasteiger partial charge is 0.134 e. The van der Waals surface area contributed by atoms with Gasteiger partial charge in [-0.25, -0.2) is 15.0 Å². The summed E-state index contributed by atoms with van der Waals surface area (Å²) in [6.45, 7) is 9.47. The second-order valence-electron chi connectivity index (χ2n) is 7.97. The Kier molecular flexibility index (Phi) is 6.09. The summed E-state index contributed by atoms with van der Waals surface area (Å²) in [6, 6.07) is 2.00. The third-order valence-corrected chi connectivity index (χ3v) is 5.95. The number of aromatic nitrogens is 3. The molecule has 1 fully saturated rings. The van der Waals surface area contributed by atoms with Crippen molar-refractivity contribution in [1.82, 2.24) is 15.0 Å². The highest BCUT2D eigenvalue weighted by molar-refractivity contribution is 7.09. The largest absolute Gasteiger partial charge is 0.396 e. The molecule has 1 atom stereocenters. The number of hydrogen-bond donors (Lipinski definition) is 2. The van der Waals surface area contributed by atoms with E-state index in [1.165, 1.54) is 5.01 Å². The molecule has 0 aromatic carbocycles. The summed E-state index contributed by atoms with van der Waals surface area (Å²) in [5, 5.41) is 16.1. The van der Waals surface area contributed by atoms with Crippen LogP contribution < -0.4 is 10.2 Å². The predicted molar refractivity (Wildman–Crippen MR) is 107 cm³/mol. The van der Waals surface area contributed by atoms with Crippen LogP contribution in [0.5, 0.6) is 0 Å². The van der Waals surface area contributed by atoms with E-state index in [1.54, 1.807) is 17.7 Å². The lowest BCUT2D eigenvalue weighted by Crippen LogP contribution is -2.37. The molecule has 0 amide bonds. The fourth-order valence-electron chi connectivity index (χ4n) is 3.12. The van der Waals surface area contributed by atoms with E-state index in [9.17, 15) is 5.11 Å². The topological polar surface area (TPSA) is 74.2 Å². The zero-order valence-corrected chi connectivity index (χ0v) is 16.7. The van der Waals surface area contributed by atoms with Crippen LogP contribution in [0.15, 0.2) is 17.8 Å². The van der Waals surface area contributed by atoms with Crippen molar-refractivity contribution < 1.29 is 5.11 Å². The number of hydrogen-bond acceptors (Lipinski definition) is 7. The van der Waals surface area contributed by atoms with Gasteiger partial charge in [-0.3, -0.25) is 0 Å². The van der Waals surface area contributed by atoms with Gasteiger partial charge in [0.05, 0.1) is 10.7 Å². The lowest BCUT2D eigenvalue weighted by Gasteiger charge is -2.32. The lowest BCUT2D eigenvalue weighted by atomic mass is 9.98. The standard InChI is InChI=1S/C19H29N5OS/c1-19(2,3)18-23-15(12-26-18)6-7-20-16-9-17(22-13-21-16)24-8-4-5-14(10-24)11-25/h9,12-14,25H,4-8,10-11H2,1-3H3,(H,20,21,22). The van der Waals surface area contributed by atoms with Crippen molar-refractivity contribution in [3.05, 3.63) is 28.5 Å². The van der Waals surface area contributed by atoms with Crippen LogP contribution in [0.1, 0.15) is 44.3 Å². The fourth-order valence-corrected chi connectivity index (χ4v) is 4.07. The molecule has 1 aliphatic heterocycles. The number of piperidine rings is 1. The van der Waals surface area contributed by atoms with Gasteiger partial charge in [0, 0.05) is 49.5 Å². The van der Waals surface area contributed by atoms with Crippen molar-refractivity contribution in [3.63, 3.8) is 0 Å². The average Bonchev–Trinajstić information content (AvgIpc) is 3.11. The first-order valence-electron chi connectivity index (χ1n) is 9.32. The fraction of sp³-hybridized carbons (Fsp3) is 0.632. The van der Waals surface area contributed by atoms with Crippen molar-refractivity contribution in [1.29, 1.82) is 0 Å². The van der Waals surface area contributed by atoms with Gasteiger partial charge in [0.25, 0.3) is 0 Å². The Balaban J connectivity index is 1.55. The average molecular weight is 376 g/mol. The molecule has 6 nitrogen and oxygen atoms in total. The van der Waals surface area contributed by atoms with Crippen LogP contribution in [0.25, 0.3) is 0 Å². The van der Waals surface area contributed by atoms with E-state index in [0.717, 1.165) is 56.2 Å². The van der Waals surface area contributed by atoms with Crippen molar-refractivity contribution in [2.45, 2.75) is 45.4 Å². The molecular formula is C19H29N5OS. The molecule has 2 aromatic rings. The first-order valence-corrected chi connectivity index (χ1v) is 10.2. The molecule has 0 aliphatic carbocycles. The zero-order valence-electron chi connectivity index (χ0n) is 15.9. The highest BCUT2D eigenvalue weighted by Crippen LogP contribution is 2.26. The van der Waals surface area contributed by atoms with E-state index < -0.39 is 0 Å². The van der Waals surface area contributed by atoms with Gasteiger partial charge in [-0.1, -0.05) is 20.8 Å². The molecule has 7 heteroatoms. The summed E-state index contributed by atoms with van der Waals surface area (Å²) in [5.74, 6) is 2.12. The van der Waals surface area contributed by atoms with Crippen LogP contribution >= 0.6 is 11.3 Å². The van der Waals surface area contributed by atoms with Crippen LogP contribution in [0.3, 0.4) is 0 Å². The Morgan fingerprint density at radius 2 is 2.19 bits per heavy atom. The highest BCUT2D eigenvalue weighted by Gasteiger charge is 2.20. The third kappa shape index (κ3) is 4.92. The molecule has 2 aromatic heterocycles. The minimum atomic E-state index is 0.110. The van der Waals surface area contributed by atoms with Gasteiger partial charge in [0.1, 0.15) is 18.0 Å². The van der Waals surface area contributed by atoms with Gasteiger partial charge < -0.3 is 15.3 Å². The van der Waals surface area contributed by atoms with Gasteiger partial charge in [0.15, 0.2) is 0 Å². The molecule has 1 aliphatic rings. The third-order valence-electron chi connectivity index (χ3n) is 4.63. The van der Waals surface area contributed by atoms with Crippen LogP contribution in [-0.4, -0.2) is 46.3 Å². The first kappa shape index (κ1) is 19.0. The summed E-state index contributed by atoms with van der Waals surface area (Å²) in [7, 11) is 0. The van der Waals surface area contributed by atoms with Crippen LogP contribution in [-0.2, 0) is 11.8 Å². The van der Waals surface area contributed by atoms with Gasteiger partial charge in [0.2, 0.25) is 0 Å². The van der Waals surface area contributed by atoms with E-state index in [4.69, 9.17) is 4.98 Å². The number of aliphatic hydroxyl groups is 1. The van der Waals surface area contributed by atoms with Gasteiger partial charge in [-0.15, -0.1) is 11.3 Å². The normalized spacial score (nSPS) is 18.2. The lowest BCUT2D eigenvalue weighted by molar-refractivity contribution is 0.208. The maximum atomic E-state index is 9.41. The first-order chi connectivity index (χ1) is 12.5. The van der Waals surface area contributed by atoms with E-state index in [1.807, 2.05) is 6.07 Å². The van der Waals surface area contributed by atoms with Crippen molar-refractivity contribution in [2.75, 3.05) is 36.5 Å². The molecule has 26 heavy (non-hydrogen) atoms. The maximum Gasteiger partial charge on any atom is 0.134 e. The number of nitrogens with zero attached hydrogens (tertiary/aromatic N) is 4. The summed E-state index contributed by atoms with van der Waals surface area (Å²) in [4.78, 5) is 15.7. The summed E-state index contributed by atoms with van der Waals surface area (Å²) in [6.07, 6.45) is 4.67. The molecular weight excluding hydrogens is 346 g/mol. The van der Waals surface area contributed by atoms with Crippen molar-refractivity contribution in [3.8, 4) is 0 Å². The molecule has 1 unspecified atom stereocenters. The minimum Gasteiger partial charge on any atom is -0.396 e. The van der Waals surface area contributed by atoms with E-state index in [-0.39, 0.29) is 12.0 Å². The minimum absolute atomic E-state index is 0.110. The van der Waals surface area contributed by atoms with E-state index >= 15 is 0 Å². The second kappa shape index (κ2) is 8.31. The van der Waals surface area contributed by atoms with E-state index in [2.05, 4.69) is 46.3 Å². The molecule has 142 valence electrons. The number of aliphatic hydroxyl groups excluding tert-OH is 1. The Morgan fingerprint density at radius 3 is 2.92 bits per heavy atom. The summed E-state index contributed by atoms with van der Waals surface area (Å²) in [5.41, 5.74) is 1.24. The molecule has 0 spiro atoms. The Bertz CT molecular complexity index is 712. The van der Waals surface area contributed by atoms with Gasteiger partial charge >= 0.3 is 0 Å². The van der Waals surface area contributed by atoms with Crippen LogP contribution in [0, 0.1) is 5.92 Å². The van der Waals surface area contributed by atoms with Crippen LogP contribution in [0.2, 0.25) is 0 Å². The Hall–Kier alpha value is -1.73. The van der Waals surface area contributed by atoms with Gasteiger partial charge in [-0.05, 0) is 18.8 Å². The van der Waals surface area contributed by atoms with Gasteiger partial charge in [-0.2, -0.15) is 0 Å². The number of rotatable bonds is 6. The van der Waals surface area contributed by atoms with Crippen molar-refractivity contribution in [2.24, 2.45) is 5.92 Å².